The van der Waals surface area contributed by atoms with E-state index in [9.17, 15) is 20.0 Å². The van der Waals surface area contributed by atoms with Crippen LogP contribution in [0.2, 0.25) is 0 Å². The molecule has 0 aromatic heterocycles. The van der Waals surface area contributed by atoms with E-state index in [1.807, 2.05) is 0 Å². The van der Waals surface area contributed by atoms with Gasteiger partial charge in [-0.05, 0) is 30.9 Å². The van der Waals surface area contributed by atoms with E-state index >= 15 is 0 Å². The molecular formula is C14H16N2O4. The van der Waals surface area contributed by atoms with Gasteiger partial charge >= 0.3 is 0 Å². The first-order chi connectivity index (χ1) is 9.56. The predicted molar refractivity (Wildman–Crippen MR) is 71.2 cm³/mol. The molecule has 6 heteroatoms. The largest absolute Gasteiger partial charge is 0.393 e. The molecule has 0 radical (unpaired) electrons. The van der Waals surface area contributed by atoms with Crippen molar-refractivity contribution < 1.29 is 14.8 Å². The van der Waals surface area contributed by atoms with E-state index < -0.39 is 4.92 Å². The van der Waals surface area contributed by atoms with Crippen LogP contribution in [0.25, 0.3) is 0 Å². The Bertz CT molecular complexity index is 543. The quantitative estimate of drug-likeness (QED) is 0.654. The highest BCUT2D eigenvalue weighted by Gasteiger charge is 2.43. The van der Waals surface area contributed by atoms with Crippen LogP contribution >= 0.6 is 0 Å². The van der Waals surface area contributed by atoms with Gasteiger partial charge in [0.15, 0.2) is 0 Å². The first kappa shape index (κ1) is 13.1. The Hall–Kier alpha value is -1.95. The number of carbonyl (C=O) groups is 1. The molecule has 20 heavy (non-hydrogen) atoms. The van der Waals surface area contributed by atoms with Crippen molar-refractivity contribution in [2.75, 3.05) is 13.1 Å². The lowest BCUT2D eigenvalue weighted by atomic mass is 10.00. The van der Waals surface area contributed by atoms with Gasteiger partial charge in [-0.1, -0.05) is 0 Å². The number of hydrogen-bond acceptors (Lipinski definition) is 4. The normalized spacial score (nSPS) is 28.4. The van der Waals surface area contributed by atoms with Crippen LogP contribution in [0.1, 0.15) is 23.2 Å². The van der Waals surface area contributed by atoms with Crippen LogP contribution in [0.15, 0.2) is 24.3 Å². The Balaban J connectivity index is 1.72. The zero-order chi connectivity index (χ0) is 14.3. The van der Waals surface area contributed by atoms with Gasteiger partial charge in [0.25, 0.3) is 11.6 Å². The van der Waals surface area contributed by atoms with Crippen LogP contribution in [0.3, 0.4) is 0 Å². The van der Waals surface area contributed by atoms with Gasteiger partial charge < -0.3 is 10.0 Å². The Kier molecular flexibility index (Phi) is 3.17. The lowest BCUT2D eigenvalue weighted by Crippen LogP contribution is -2.31. The van der Waals surface area contributed by atoms with Crippen molar-refractivity contribution in [2.45, 2.75) is 18.9 Å². The highest BCUT2D eigenvalue weighted by atomic mass is 16.6. The Morgan fingerprint density at radius 1 is 1.25 bits per heavy atom. The Morgan fingerprint density at radius 3 is 2.55 bits per heavy atom. The molecule has 1 saturated carbocycles. The second-order valence-electron chi connectivity index (χ2n) is 5.58. The summed E-state index contributed by atoms with van der Waals surface area (Å²) >= 11 is 0. The summed E-state index contributed by atoms with van der Waals surface area (Å²) in [6, 6.07) is 5.67. The minimum absolute atomic E-state index is 0.0183. The van der Waals surface area contributed by atoms with E-state index in [2.05, 4.69) is 0 Å². The third kappa shape index (κ3) is 2.16. The predicted octanol–water partition coefficient (Wildman–Crippen LogP) is 1.44. The van der Waals surface area contributed by atoms with Crippen molar-refractivity contribution in [3.63, 3.8) is 0 Å². The van der Waals surface area contributed by atoms with Crippen molar-refractivity contribution in [3.05, 3.63) is 39.9 Å². The average Bonchev–Trinajstić information content (AvgIpc) is 3.01. The van der Waals surface area contributed by atoms with Crippen molar-refractivity contribution in [3.8, 4) is 0 Å². The van der Waals surface area contributed by atoms with Crippen molar-refractivity contribution in [1.82, 2.24) is 4.90 Å². The number of likely N-dealkylation sites (tertiary alicyclic amines) is 1. The Labute approximate surface area is 116 Å². The van der Waals surface area contributed by atoms with Crippen LogP contribution in [0, 0.1) is 22.0 Å². The number of rotatable bonds is 2. The lowest BCUT2D eigenvalue weighted by molar-refractivity contribution is -0.384. The van der Waals surface area contributed by atoms with Crippen LogP contribution in [0.5, 0.6) is 0 Å². The summed E-state index contributed by atoms with van der Waals surface area (Å²) in [4.78, 5) is 24.2. The number of nitrogens with zero attached hydrogens (tertiary/aromatic N) is 2. The number of amides is 1. The summed E-state index contributed by atoms with van der Waals surface area (Å²) in [6.07, 6.45) is 1.50. The third-order valence-corrected chi connectivity index (χ3v) is 4.43. The molecule has 2 fully saturated rings. The molecule has 106 valence electrons. The molecule has 1 amide bonds. The van der Waals surface area contributed by atoms with E-state index in [1.165, 1.54) is 24.3 Å². The van der Waals surface area contributed by atoms with Gasteiger partial charge in [0.05, 0.1) is 11.0 Å². The number of nitro benzene ring substituents is 1. The molecule has 1 N–H and O–H groups in total. The van der Waals surface area contributed by atoms with Crippen molar-refractivity contribution >= 4 is 11.6 Å². The lowest BCUT2D eigenvalue weighted by Gasteiger charge is -2.18. The van der Waals surface area contributed by atoms with Gasteiger partial charge in [-0.2, -0.15) is 0 Å². The summed E-state index contributed by atoms with van der Waals surface area (Å²) in [5, 5.41) is 20.4. The summed E-state index contributed by atoms with van der Waals surface area (Å²) in [7, 11) is 0. The molecule has 1 aliphatic heterocycles. The van der Waals surface area contributed by atoms with E-state index in [1.54, 1.807) is 4.90 Å². The zero-order valence-electron chi connectivity index (χ0n) is 10.9. The number of non-ortho nitro benzene ring substituents is 1. The zero-order valence-corrected chi connectivity index (χ0v) is 10.9. The van der Waals surface area contributed by atoms with Gasteiger partial charge in [0.1, 0.15) is 0 Å². The summed E-state index contributed by atoms with van der Waals surface area (Å²) in [6.45, 7) is 1.26. The number of fused-ring (bicyclic) bond motifs is 1. The maximum Gasteiger partial charge on any atom is 0.269 e. The highest BCUT2D eigenvalue weighted by Crippen LogP contribution is 2.38. The number of aliphatic hydroxyl groups excluding tert-OH is 1. The van der Waals surface area contributed by atoms with E-state index in [-0.39, 0.29) is 23.6 Å². The summed E-state index contributed by atoms with van der Waals surface area (Å²) < 4.78 is 0. The molecular weight excluding hydrogens is 260 g/mol. The standard InChI is InChI=1S/C14H16N2O4/c17-13-6-3-10-7-15(8-12(10)13)14(18)9-1-4-11(5-2-9)16(19)20/h1-2,4-5,10,12-13,17H,3,6-8H2. The fourth-order valence-electron chi connectivity index (χ4n) is 3.31. The topological polar surface area (TPSA) is 83.7 Å². The van der Waals surface area contributed by atoms with E-state index in [0.29, 0.717) is 24.6 Å². The Morgan fingerprint density at radius 2 is 1.95 bits per heavy atom. The van der Waals surface area contributed by atoms with Crippen LogP contribution in [0.4, 0.5) is 5.69 Å². The molecule has 0 spiro atoms. The van der Waals surface area contributed by atoms with Gasteiger partial charge in [-0.25, -0.2) is 0 Å². The molecule has 1 aromatic rings. The third-order valence-electron chi connectivity index (χ3n) is 4.43. The molecule has 1 saturated heterocycles. The average molecular weight is 276 g/mol. The fourth-order valence-corrected chi connectivity index (χ4v) is 3.31. The second-order valence-corrected chi connectivity index (χ2v) is 5.58. The molecule has 3 rings (SSSR count). The first-order valence-electron chi connectivity index (χ1n) is 6.78. The van der Waals surface area contributed by atoms with Gasteiger partial charge in [0, 0.05) is 36.7 Å². The van der Waals surface area contributed by atoms with E-state index in [4.69, 9.17) is 0 Å². The molecule has 6 nitrogen and oxygen atoms in total. The maximum atomic E-state index is 12.3. The molecule has 0 bridgehead atoms. The fraction of sp³-hybridized carbons (Fsp3) is 0.500. The van der Waals surface area contributed by atoms with Crippen molar-refractivity contribution in [1.29, 1.82) is 0 Å². The first-order valence-corrected chi connectivity index (χ1v) is 6.78. The molecule has 3 unspecified atom stereocenters. The molecule has 2 aliphatic rings. The minimum Gasteiger partial charge on any atom is -0.393 e. The summed E-state index contributed by atoms with van der Waals surface area (Å²) in [5.74, 6) is 0.477. The number of carbonyl (C=O) groups excluding carboxylic acids is 1. The number of aliphatic hydroxyl groups is 1. The molecule has 1 aromatic carbocycles. The SMILES string of the molecule is O=C(c1ccc([N+](=O)[O-])cc1)N1CC2CCC(O)C2C1. The van der Waals surface area contributed by atoms with Gasteiger partial charge in [0.2, 0.25) is 0 Å². The van der Waals surface area contributed by atoms with Crippen molar-refractivity contribution in [2.24, 2.45) is 11.8 Å². The van der Waals surface area contributed by atoms with Crippen LogP contribution < -0.4 is 0 Å². The number of nitro groups is 1. The second kappa shape index (κ2) is 4.86. The maximum absolute atomic E-state index is 12.3. The molecule has 1 aliphatic carbocycles. The van der Waals surface area contributed by atoms with Crippen LogP contribution in [-0.2, 0) is 0 Å². The molecule has 3 atom stereocenters. The van der Waals surface area contributed by atoms with E-state index in [0.717, 1.165) is 12.8 Å². The summed E-state index contributed by atoms with van der Waals surface area (Å²) in [5.41, 5.74) is 0.445. The van der Waals surface area contributed by atoms with Crippen LogP contribution in [-0.4, -0.2) is 40.0 Å². The minimum atomic E-state index is -0.481. The highest BCUT2D eigenvalue weighted by molar-refractivity contribution is 5.94. The van der Waals surface area contributed by atoms with Gasteiger partial charge in [-0.3, -0.25) is 14.9 Å². The number of benzene rings is 1. The molecule has 1 heterocycles. The smallest absolute Gasteiger partial charge is 0.269 e. The monoisotopic (exact) mass is 276 g/mol. The number of hydrogen-bond donors (Lipinski definition) is 1. The van der Waals surface area contributed by atoms with Gasteiger partial charge in [-0.15, -0.1) is 0 Å².